The lowest BCUT2D eigenvalue weighted by molar-refractivity contribution is -0.251. The zero-order valence-electron chi connectivity index (χ0n) is 8.61. The Balaban J connectivity index is 2.09. The zero-order chi connectivity index (χ0) is 11.2. The lowest BCUT2D eigenvalue weighted by atomic mass is 10.2. The van der Waals surface area contributed by atoms with Gasteiger partial charge in [0.05, 0.1) is 4.90 Å². The summed E-state index contributed by atoms with van der Waals surface area (Å²) in [6, 6.07) is 19.1. The van der Waals surface area contributed by atoms with Gasteiger partial charge in [-0.3, -0.25) is 0 Å². The van der Waals surface area contributed by atoms with Crippen LogP contribution in [0.2, 0.25) is 0 Å². The van der Waals surface area contributed by atoms with Gasteiger partial charge in [-0.25, -0.2) is 0 Å². The quantitative estimate of drug-likeness (QED) is 0.265. The Bertz CT molecular complexity index is 468. The van der Waals surface area contributed by atoms with E-state index >= 15 is 0 Å². The average Bonchev–Trinajstić information content (AvgIpc) is 2.31. The normalized spacial score (nSPS) is 11.4. The van der Waals surface area contributed by atoms with Crippen molar-refractivity contribution < 1.29 is 4.14 Å². The number of nitrogens with zero attached hydrogens (tertiary/aromatic N) is 1. The highest BCUT2D eigenvalue weighted by Crippen LogP contribution is 2.17. The average molecular weight is 229 g/mol. The van der Waals surface area contributed by atoms with E-state index < -0.39 is 0 Å². The molecule has 0 fully saturated rings. The van der Waals surface area contributed by atoms with Crippen LogP contribution in [0.15, 0.2) is 65.6 Å². The molecule has 0 heterocycles. The molecule has 0 saturated carbocycles. The van der Waals surface area contributed by atoms with Crippen LogP contribution in [0, 0.1) is 5.21 Å². The van der Waals surface area contributed by atoms with Crippen molar-refractivity contribution in [1.29, 1.82) is 0 Å². The highest BCUT2D eigenvalue weighted by Gasteiger charge is 2.00. The van der Waals surface area contributed by atoms with Crippen molar-refractivity contribution in [3.8, 4) is 0 Å². The molecule has 0 radical (unpaired) electrons. The topological polar surface area (TPSA) is 26.1 Å². The molecule has 0 N–H and O–H groups in total. The van der Waals surface area contributed by atoms with Gasteiger partial charge < -0.3 is 5.21 Å². The first kappa shape index (κ1) is 10.8. The summed E-state index contributed by atoms with van der Waals surface area (Å²) in [4.78, 5) is 0.935. The van der Waals surface area contributed by atoms with E-state index in [1.54, 1.807) is 6.21 Å². The molecule has 16 heavy (non-hydrogen) atoms. The van der Waals surface area contributed by atoms with E-state index in [9.17, 15) is 5.21 Å². The fraction of sp³-hybridized carbons (Fsp3) is 0. The second-order valence-electron chi connectivity index (χ2n) is 3.23. The minimum Gasteiger partial charge on any atom is -0.611 e. The van der Waals surface area contributed by atoms with Crippen LogP contribution in [-0.2, 0) is 0 Å². The van der Waals surface area contributed by atoms with Crippen LogP contribution in [0.3, 0.4) is 0 Å². The molecule has 80 valence electrons. The standard InChI is InChI=1S/C13H11NOS/c15-14(11-12-7-3-1-4-8-12)16-13-9-5-2-6-10-13/h1-11H. The minimum atomic E-state index is 0.866. The smallest absolute Gasteiger partial charge is 0.209 e. The minimum absolute atomic E-state index is 0.866. The summed E-state index contributed by atoms with van der Waals surface area (Å²) in [5.74, 6) is 0. The van der Waals surface area contributed by atoms with E-state index in [0.29, 0.717) is 0 Å². The fourth-order valence-corrected chi connectivity index (χ4v) is 1.93. The van der Waals surface area contributed by atoms with Crippen molar-refractivity contribution in [1.82, 2.24) is 0 Å². The van der Waals surface area contributed by atoms with E-state index in [4.69, 9.17) is 0 Å². The number of rotatable bonds is 3. The van der Waals surface area contributed by atoms with E-state index in [-0.39, 0.29) is 0 Å². The van der Waals surface area contributed by atoms with Crippen LogP contribution in [0.1, 0.15) is 5.56 Å². The van der Waals surface area contributed by atoms with E-state index in [0.717, 1.165) is 26.6 Å². The van der Waals surface area contributed by atoms with Gasteiger partial charge in [0.25, 0.3) is 0 Å². The maximum absolute atomic E-state index is 11.6. The lowest BCUT2D eigenvalue weighted by Crippen LogP contribution is -1.95. The molecule has 0 saturated heterocycles. The summed E-state index contributed by atoms with van der Waals surface area (Å²) >= 11 is 1.16. The molecule has 0 spiro atoms. The molecular formula is C13H11NOS. The van der Waals surface area contributed by atoms with Crippen LogP contribution >= 0.6 is 11.9 Å². The molecule has 0 amide bonds. The van der Waals surface area contributed by atoms with Crippen molar-refractivity contribution in [3.63, 3.8) is 0 Å². The Morgan fingerprint density at radius 1 is 0.875 bits per heavy atom. The highest BCUT2D eigenvalue weighted by molar-refractivity contribution is 7.93. The van der Waals surface area contributed by atoms with Crippen LogP contribution < -0.4 is 0 Å². The molecule has 0 aromatic heterocycles. The molecule has 0 unspecified atom stereocenters. The Morgan fingerprint density at radius 3 is 2.06 bits per heavy atom. The van der Waals surface area contributed by atoms with Crippen LogP contribution in [0.25, 0.3) is 0 Å². The van der Waals surface area contributed by atoms with Gasteiger partial charge in [0.2, 0.25) is 11.9 Å². The molecule has 0 aliphatic rings. The van der Waals surface area contributed by atoms with Crippen molar-refractivity contribution in [2.24, 2.45) is 0 Å². The molecule has 0 aliphatic heterocycles. The Morgan fingerprint density at radius 2 is 1.44 bits per heavy atom. The molecule has 2 aromatic carbocycles. The molecule has 0 atom stereocenters. The Kier molecular flexibility index (Phi) is 3.62. The van der Waals surface area contributed by atoms with Crippen molar-refractivity contribution in [2.45, 2.75) is 4.90 Å². The summed E-state index contributed by atoms with van der Waals surface area (Å²) in [5, 5.41) is 11.6. The molecule has 2 aromatic rings. The monoisotopic (exact) mass is 229 g/mol. The van der Waals surface area contributed by atoms with E-state index in [1.807, 2.05) is 60.7 Å². The zero-order valence-corrected chi connectivity index (χ0v) is 9.43. The van der Waals surface area contributed by atoms with Gasteiger partial charge in [-0.1, -0.05) is 36.4 Å². The Labute approximate surface area is 99.0 Å². The predicted octanol–water partition coefficient (Wildman–Crippen LogP) is 3.32. The number of hydrogen-bond acceptors (Lipinski definition) is 2. The van der Waals surface area contributed by atoms with Crippen LogP contribution in [-0.4, -0.2) is 10.4 Å². The SMILES string of the molecule is [O-][N+](=Cc1ccccc1)Sc1ccccc1. The lowest BCUT2D eigenvalue weighted by Gasteiger charge is -2.00. The molecular weight excluding hydrogens is 218 g/mol. The molecule has 0 aliphatic carbocycles. The van der Waals surface area contributed by atoms with Gasteiger partial charge in [-0.2, -0.15) is 0 Å². The molecule has 2 nitrogen and oxygen atoms in total. The van der Waals surface area contributed by atoms with Gasteiger partial charge in [0.15, 0.2) is 6.21 Å². The second-order valence-corrected chi connectivity index (χ2v) is 4.24. The first-order valence-electron chi connectivity index (χ1n) is 4.94. The van der Waals surface area contributed by atoms with Gasteiger partial charge in [0.1, 0.15) is 0 Å². The number of benzene rings is 2. The summed E-state index contributed by atoms with van der Waals surface area (Å²) in [6.45, 7) is 0. The van der Waals surface area contributed by atoms with Crippen molar-refractivity contribution >= 4 is 18.2 Å². The van der Waals surface area contributed by atoms with E-state index in [2.05, 4.69) is 0 Å². The third-order valence-electron chi connectivity index (χ3n) is 1.99. The summed E-state index contributed by atoms with van der Waals surface area (Å²) in [7, 11) is 0. The van der Waals surface area contributed by atoms with Gasteiger partial charge in [0, 0.05) is 5.56 Å². The van der Waals surface area contributed by atoms with Crippen molar-refractivity contribution in [2.75, 3.05) is 0 Å². The highest BCUT2D eigenvalue weighted by atomic mass is 32.2. The van der Waals surface area contributed by atoms with E-state index in [1.165, 1.54) is 0 Å². The maximum Gasteiger partial charge on any atom is 0.209 e. The van der Waals surface area contributed by atoms with Gasteiger partial charge in [-0.15, -0.1) is 4.14 Å². The fourth-order valence-electron chi connectivity index (χ4n) is 1.27. The summed E-state index contributed by atoms with van der Waals surface area (Å²) in [5.41, 5.74) is 0.904. The summed E-state index contributed by atoms with van der Waals surface area (Å²) in [6.07, 6.45) is 1.57. The maximum atomic E-state index is 11.6. The molecule has 0 bridgehead atoms. The first-order valence-corrected chi connectivity index (χ1v) is 5.71. The largest absolute Gasteiger partial charge is 0.611 e. The molecule has 2 rings (SSSR count). The van der Waals surface area contributed by atoms with Gasteiger partial charge in [-0.05, 0) is 24.3 Å². The van der Waals surface area contributed by atoms with Crippen LogP contribution in [0.4, 0.5) is 0 Å². The first-order chi connectivity index (χ1) is 7.84. The van der Waals surface area contributed by atoms with Gasteiger partial charge >= 0.3 is 0 Å². The Hall–Kier alpha value is -1.74. The van der Waals surface area contributed by atoms with Crippen molar-refractivity contribution in [3.05, 3.63) is 71.4 Å². The second kappa shape index (κ2) is 5.37. The summed E-state index contributed by atoms with van der Waals surface area (Å²) < 4.78 is 0.866. The van der Waals surface area contributed by atoms with Crippen LogP contribution in [0.5, 0.6) is 0 Å². The third-order valence-corrected chi connectivity index (χ3v) is 2.76. The predicted molar refractivity (Wildman–Crippen MR) is 67.5 cm³/mol. The number of hydrogen-bond donors (Lipinski definition) is 0. The molecule has 3 heteroatoms. The third kappa shape index (κ3) is 3.14.